The molecule has 2 heterocycles. The first-order valence-corrected chi connectivity index (χ1v) is 10.4. The molecule has 0 spiro atoms. The Kier molecular flexibility index (Phi) is 6.62. The van der Waals surface area contributed by atoms with Crippen molar-refractivity contribution >= 4 is 11.6 Å². The van der Waals surface area contributed by atoms with E-state index in [1.807, 2.05) is 4.57 Å². The number of hydrogen-bond donors (Lipinski definition) is 1. The Hall–Kier alpha value is -4.48. The highest BCUT2D eigenvalue weighted by molar-refractivity contribution is 5.99. The van der Waals surface area contributed by atoms with Crippen LogP contribution >= 0.6 is 0 Å². The van der Waals surface area contributed by atoms with Crippen LogP contribution in [0.2, 0.25) is 0 Å². The number of halogens is 3. The van der Waals surface area contributed by atoms with Crippen LogP contribution in [0.25, 0.3) is 22.8 Å². The number of carbonyl (C=O) groups excluding carboxylic acids is 1. The standard InChI is InChI=1S/C23H18F3N5O4/c24-23(25,26)16-8-6-15(7-9-16)22-29-19(21(32)28-10-3-12-30-13-11-27-14-30)20(35-22)17-4-1-2-5-18(17)31(33)34/h1-2,4-9,11,13-14H,3,10,12H2,(H,28,32). The zero-order valence-corrected chi connectivity index (χ0v) is 18.0. The summed E-state index contributed by atoms with van der Waals surface area (Å²) in [5.74, 6) is -0.930. The van der Waals surface area contributed by atoms with Crippen molar-refractivity contribution in [1.29, 1.82) is 0 Å². The predicted molar refractivity (Wildman–Crippen MR) is 118 cm³/mol. The van der Waals surface area contributed by atoms with E-state index < -0.39 is 22.6 Å². The fourth-order valence-electron chi connectivity index (χ4n) is 3.37. The Balaban J connectivity index is 1.65. The average molecular weight is 485 g/mol. The molecule has 0 aliphatic carbocycles. The van der Waals surface area contributed by atoms with Crippen LogP contribution in [0.1, 0.15) is 22.5 Å². The number of oxazole rings is 1. The lowest BCUT2D eigenvalue weighted by Gasteiger charge is -2.06. The highest BCUT2D eigenvalue weighted by Crippen LogP contribution is 2.36. The first-order valence-electron chi connectivity index (χ1n) is 10.4. The summed E-state index contributed by atoms with van der Waals surface area (Å²) >= 11 is 0. The Bertz CT molecular complexity index is 1330. The Morgan fingerprint density at radius 2 is 1.89 bits per heavy atom. The number of nitrogens with one attached hydrogen (secondary N) is 1. The molecule has 180 valence electrons. The molecule has 12 heteroatoms. The lowest BCUT2D eigenvalue weighted by Crippen LogP contribution is -2.26. The molecule has 2 aromatic heterocycles. The molecule has 0 bridgehead atoms. The molecule has 0 aliphatic heterocycles. The third-order valence-electron chi connectivity index (χ3n) is 5.08. The third-order valence-corrected chi connectivity index (χ3v) is 5.08. The molecule has 35 heavy (non-hydrogen) atoms. The van der Waals surface area contributed by atoms with E-state index in [0.717, 1.165) is 24.3 Å². The maximum Gasteiger partial charge on any atom is 0.416 e. The second-order valence-corrected chi connectivity index (χ2v) is 7.46. The molecule has 4 aromatic rings. The first-order chi connectivity index (χ1) is 16.7. The Labute approximate surface area is 196 Å². The second kappa shape index (κ2) is 9.79. The maximum atomic E-state index is 12.9. The number of alkyl halides is 3. The number of rotatable bonds is 8. The minimum absolute atomic E-state index is 0.0201. The Morgan fingerprint density at radius 1 is 1.14 bits per heavy atom. The second-order valence-electron chi connectivity index (χ2n) is 7.46. The molecule has 0 saturated carbocycles. The van der Waals surface area contributed by atoms with E-state index in [0.29, 0.717) is 13.0 Å². The summed E-state index contributed by atoms with van der Waals surface area (Å²) in [5.41, 5.74) is -1.18. The van der Waals surface area contributed by atoms with Gasteiger partial charge in [-0.05, 0) is 36.8 Å². The monoisotopic (exact) mass is 485 g/mol. The molecule has 4 rings (SSSR count). The number of imidazole rings is 1. The van der Waals surface area contributed by atoms with Crippen molar-refractivity contribution in [3.05, 3.63) is 88.6 Å². The number of aryl methyl sites for hydroxylation is 1. The third kappa shape index (κ3) is 5.37. The maximum absolute atomic E-state index is 12.9. The lowest BCUT2D eigenvalue weighted by molar-refractivity contribution is -0.384. The number of hydrogen-bond acceptors (Lipinski definition) is 6. The van der Waals surface area contributed by atoms with Gasteiger partial charge in [0, 0.05) is 37.1 Å². The van der Waals surface area contributed by atoms with E-state index in [2.05, 4.69) is 15.3 Å². The SMILES string of the molecule is O=C(NCCCn1ccnc1)c1nc(-c2ccc(C(F)(F)F)cc2)oc1-c1ccccc1[N+](=O)[O-]. The van der Waals surface area contributed by atoms with Crippen LogP contribution in [0.3, 0.4) is 0 Å². The number of benzene rings is 2. The van der Waals surface area contributed by atoms with Crippen molar-refractivity contribution in [3.63, 3.8) is 0 Å². The fourth-order valence-corrected chi connectivity index (χ4v) is 3.37. The van der Waals surface area contributed by atoms with Crippen LogP contribution in [0.15, 0.2) is 71.7 Å². The molecule has 0 saturated heterocycles. The van der Waals surface area contributed by atoms with Gasteiger partial charge in [0.1, 0.15) is 0 Å². The van der Waals surface area contributed by atoms with Crippen molar-refractivity contribution in [1.82, 2.24) is 19.9 Å². The predicted octanol–water partition coefficient (Wildman–Crippen LogP) is 4.95. The summed E-state index contributed by atoms with van der Waals surface area (Å²) in [7, 11) is 0. The molecule has 1 N–H and O–H groups in total. The summed E-state index contributed by atoms with van der Waals surface area (Å²) < 4.78 is 46.3. The highest BCUT2D eigenvalue weighted by atomic mass is 19.4. The zero-order valence-electron chi connectivity index (χ0n) is 18.0. The zero-order chi connectivity index (χ0) is 25.0. The van der Waals surface area contributed by atoms with Crippen molar-refractivity contribution in [2.45, 2.75) is 19.1 Å². The van der Waals surface area contributed by atoms with Gasteiger partial charge in [-0.3, -0.25) is 14.9 Å². The van der Waals surface area contributed by atoms with Gasteiger partial charge < -0.3 is 14.3 Å². The first kappa shape index (κ1) is 23.7. The molecular formula is C23H18F3N5O4. The number of amides is 1. The van der Waals surface area contributed by atoms with E-state index in [1.54, 1.807) is 18.7 Å². The van der Waals surface area contributed by atoms with Crippen molar-refractivity contribution in [2.24, 2.45) is 0 Å². The van der Waals surface area contributed by atoms with Gasteiger partial charge in [0.15, 0.2) is 11.5 Å². The van der Waals surface area contributed by atoms with Gasteiger partial charge in [-0.2, -0.15) is 13.2 Å². The van der Waals surface area contributed by atoms with Crippen LogP contribution in [-0.4, -0.2) is 31.9 Å². The summed E-state index contributed by atoms with van der Waals surface area (Å²) in [6, 6.07) is 9.70. The van der Waals surface area contributed by atoms with Gasteiger partial charge in [0.2, 0.25) is 5.89 Å². The lowest BCUT2D eigenvalue weighted by atomic mass is 10.1. The van der Waals surface area contributed by atoms with Crippen molar-refractivity contribution in [3.8, 4) is 22.8 Å². The fraction of sp³-hybridized carbons (Fsp3) is 0.174. The van der Waals surface area contributed by atoms with Crippen LogP contribution in [0, 0.1) is 10.1 Å². The summed E-state index contributed by atoms with van der Waals surface area (Å²) in [4.78, 5) is 32.0. The van der Waals surface area contributed by atoms with E-state index in [-0.39, 0.29) is 40.7 Å². The molecule has 0 aliphatic rings. The molecule has 9 nitrogen and oxygen atoms in total. The number of nitro benzene ring substituents is 1. The number of nitrogens with zero attached hydrogens (tertiary/aromatic N) is 4. The van der Waals surface area contributed by atoms with E-state index in [9.17, 15) is 28.1 Å². The molecule has 0 fully saturated rings. The van der Waals surface area contributed by atoms with Crippen LogP contribution in [0.5, 0.6) is 0 Å². The molecule has 0 radical (unpaired) electrons. The van der Waals surface area contributed by atoms with Crippen molar-refractivity contribution in [2.75, 3.05) is 6.54 Å². The normalized spacial score (nSPS) is 11.4. The number of aromatic nitrogens is 3. The van der Waals surface area contributed by atoms with E-state index >= 15 is 0 Å². The van der Waals surface area contributed by atoms with Gasteiger partial charge in [-0.25, -0.2) is 9.97 Å². The van der Waals surface area contributed by atoms with Crippen LogP contribution < -0.4 is 5.32 Å². The van der Waals surface area contributed by atoms with Gasteiger partial charge in [-0.15, -0.1) is 0 Å². The van der Waals surface area contributed by atoms with Gasteiger partial charge in [0.05, 0.1) is 22.4 Å². The van der Waals surface area contributed by atoms with Crippen LogP contribution in [0.4, 0.5) is 18.9 Å². The smallest absolute Gasteiger partial charge is 0.416 e. The summed E-state index contributed by atoms with van der Waals surface area (Å²) in [6.07, 6.45) is 1.11. The summed E-state index contributed by atoms with van der Waals surface area (Å²) in [6.45, 7) is 0.878. The highest BCUT2D eigenvalue weighted by Gasteiger charge is 2.31. The molecule has 1 amide bonds. The Morgan fingerprint density at radius 3 is 2.54 bits per heavy atom. The van der Waals surface area contributed by atoms with Crippen molar-refractivity contribution < 1.29 is 27.3 Å². The largest absolute Gasteiger partial charge is 0.435 e. The van der Waals surface area contributed by atoms with Gasteiger partial charge in [-0.1, -0.05) is 12.1 Å². The van der Waals surface area contributed by atoms with Gasteiger partial charge >= 0.3 is 6.18 Å². The molecule has 2 aromatic carbocycles. The average Bonchev–Trinajstić information content (AvgIpc) is 3.51. The number of carbonyl (C=O) groups is 1. The minimum atomic E-state index is -4.52. The molecule has 0 unspecified atom stereocenters. The van der Waals surface area contributed by atoms with Gasteiger partial charge in [0.25, 0.3) is 11.6 Å². The number of nitro groups is 1. The quantitative estimate of drug-likeness (QED) is 0.214. The van der Waals surface area contributed by atoms with E-state index in [1.165, 1.54) is 24.3 Å². The summed E-state index contributed by atoms with van der Waals surface area (Å²) in [5, 5.41) is 14.2. The van der Waals surface area contributed by atoms with Crippen LogP contribution in [-0.2, 0) is 12.7 Å². The topological polar surface area (TPSA) is 116 Å². The molecular weight excluding hydrogens is 467 g/mol. The number of para-hydroxylation sites is 1. The van der Waals surface area contributed by atoms with E-state index in [4.69, 9.17) is 4.42 Å². The molecule has 0 atom stereocenters. The minimum Gasteiger partial charge on any atom is -0.435 e.